The number of amides is 1. The van der Waals surface area contributed by atoms with Gasteiger partial charge in [-0.15, -0.1) is 0 Å². The molecule has 2 heterocycles. The number of aliphatic hydroxyl groups excluding tert-OH is 2. The molecule has 0 saturated carbocycles. The molecule has 4 rings (SSSR count). The van der Waals surface area contributed by atoms with Crippen LogP contribution in [0.3, 0.4) is 0 Å². The number of carbonyl (C=O) groups is 1. The predicted octanol–water partition coefficient (Wildman–Crippen LogP) is 2.34. The van der Waals surface area contributed by atoms with Crippen LogP contribution in [-0.4, -0.2) is 57.1 Å². The molecule has 1 aliphatic heterocycles. The topological polar surface area (TPSA) is 108 Å². The van der Waals surface area contributed by atoms with Gasteiger partial charge in [-0.3, -0.25) is 9.79 Å². The molecule has 0 bridgehead atoms. The van der Waals surface area contributed by atoms with Gasteiger partial charge in [0.05, 0.1) is 36.6 Å². The molecule has 2 aromatic carbocycles. The van der Waals surface area contributed by atoms with Crippen LogP contribution >= 0.6 is 0 Å². The first-order chi connectivity index (χ1) is 16.5. The molecule has 0 aliphatic carbocycles. The van der Waals surface area contributed by atoms with Crippen LogP contribution in [-0.2, 0) is 6.42 Å². The van der Waals surface area contributed by atoms with Crippen molar-refractivity contribution in [3.05, 3.63) is 101 Å². The second kappa shape index (κ2) is 10.4. The molecule has 0 spiro atoms. The molecule has 1 aromatic heterocycles. The summed E-state index contributed by atoms with van der Waals surface area (Å²) in [6, 6.07) is 10.7. The highest BCUT2D eigenvalue weighted by atomic mass is 19.1. The summed E-state index contributed by atoms with van der Waals surface area (Å²) in [6.07, 6.45) is 3.51. The van der Waals surface area contributed by atoms with Crippen molar-refractivity contribution in [2.45, 2.75) is 18.6 Å². The van der Waals surface area contributed by atoms with E-state index in [9.17, 15) is 23.8 Å². The fourth-order valence-electron chi connectivity index (χ4n) is 3.68. The highest BCUT2D eigenvalue weighted by Crippen LogP contribution is 2.25. The van der Waals surface area contributed by atoms with Gasteiger partial charge in [-0.05, 0) is 47.5 Å². The summed E-state index contributed by atoms with van der Waals surface area (Å²) in [5.74, 6) is -1.27. The Hall–Kier alpha value is -3.82. The van der Waals surface area contributed by atoms with Crippen LogP contribution < -0.4 is 5.32 Å². The number of nitrogens with zero attached hydrogens (tertiary/aromatic N) is 3. The summed E-state index contributed by atoms with van der Waals surface area (Å²) in [4.78, 5) is 25.7. The SMILES string of the molecule is O=C(N[C@H](Cc1ncccn1)[C@H](O)CO)c1cccc(F)c1C1=NCC(c2ccc(F)cc2)=C1. The van der Waals surface area contributed by atoms with Crippen molar-refractivity contribution in [3.63, 3.8) is 0 Å². The Bertz CT molecular complexity index is 1230. The van der Waals surface area contributed by atoms with Gasteiger partial charge in [0, 0.05) is 24.4 Å². The maximum atomic E-state index is 14.9. The van der Waals surface area contributed by atoms with Crippen molar-refractivity contribution in [3.8, 4) is 0 Å². The Morgan fingerprint density at radius 2 is 1.79 bits per heavy atom. The van der Waals surface area contributed by atoms with Crippen molar-refractivity contribution >= 4 is 17.2 Å². The van der Waals surface area contributed by atoms with Crippen LogP contribution in [0.25, 0.3) is 5.57 Å². The molecule has 1 aliphatic rings. The standard InChI is InChI=1S/C25H22F2N4O3/c26-17-7-5-15(6-8-17)16-11-21(30-13-16)24-18(3-1-4-19(24)27)25(34)31-20(22(33)14-32)12-23-28-9-2-10-29-23/h1-11,20,22,32-33H,12-14H2,(H,31,34)/t20-,22-/m1/s1. The van der Waals surface area contributed by atoms with E-state index in [2.05, 4.69) is 20.3 Å². The van der Waals surface area contributed by atoms with Crippen LogP contribution in [0.4, 0.5) is 8.78 Å². The van der Waals surface area contributed by atoms with E-state index in [-0.39, 0.29) is 35.6 Å². The van der Waals surface area contributed by atoms with E-state index in [1.165, 1.54) is 42.7 Å². The largest absolute Gasteiger partial charge is 0.394 e. The van der Waals surface area contributed by atoms with E-state index in [0.717, 1.165) is 11.1 Å². The molecule has 7 nitrogen and oxygen atoms in total. The van der Waals surface area contributed by atoms with Crippen LogP contribution in [0.15, 0.2) is 72.0 Å². The number of benzene rings is 2. The van der Waals surface area contributed by atoms with Crippen LogP contribution in [0.2, 0.25) is 0 Å². The Labute approximate surface area is 194 Å². The summed E-state index contributed by atoms with van der Waals surface area (Å²) in [7, 11) is 0. The minimum Gasteiger partial charge on any atom is -0.394 e. The van der Waals surface area contributed by atoms with E-state index < -0.39 is 30.5 Å². The number of hydrogen-bond acceptors (Lipinski definition) is 6. The number of hydrogen-bond donors (Lipinski definition) is 3. The van der Waals surface area contributed by atoms with Gasteiger partial charge in [-0.1, -0.05) is 18.2 Å². The van der Waals surface area contributed by atoms with Crippen LogP contribution in [0.1, 0.15) is 27.3 Å². The summed E-state index contributed by atoms with van der Waals surface area (Å²) in [6.45, 7) is -0.335. The molecule has 2 atom stereocenters. The van der Waals surface area contributed by atoms with Crippen molar-refractivity contribution in [1.29, 1.82) is 0 Å². The highest BCUT2D eigenvalue weighted by Gasteiger charge is 2.26. The van der Waals surface area contributed by atoms with Gasteiger partial charge < -0.3 is 15.5 Å². The zero-order chi connectivity index (χ0) is 24.1. The average Bonchev–Trinajstić information content (AvgIpc) is 3.33. The van der Waals surface area contributed by atoms with Gasteiger partial charge in [0.1, 0.15) is 17.5 Å². The maximum absolute atomic E-state index is 14.9. The molecule has 3 N–H and O–H groups in total. The lowest BCUT2D eigenvalue weighted by Crippen LogP contribution is -2.47. The third kappa shape index (κ3) is 5.22. The molecular formula is C25H22F2N4O3. The van der Waals surface area contributed by atoms with E-state index in [1.54, 1.807) is 24.3 Å². The lowest BCUT2D eigenvalue weighted by molar-refractivity contribution is 0.0562. The Kier molecular flexibility index (Phi) is 7.15. The van der Waals surface area contributed by atoms with Crippen LogP contribution in [0.5, 0.6) is 0 Å². The second-order valence-corrected chi connectivity index (χ2v) is 7.74. The van der Waals surface area contributed by atoms with Crippen molar-refractivity contribution < 1.29 is 23.8 Å². The highest BCUT2D eigenvalue weighted by molar-refractivity contribution is 6.19. The first-order valence-electron chi connectivity index (χ1n) is 10.6. The van der Waals surface area contributed by atoms with E-state index in [1.807, 2.05) is 0 Å². The Morgan fingerprint density at radius 3 is 2.50 bits per heavy atom. The number of aliphatic hydroxyl groups is 2. The molecule has 34 heavy (non-hydrogen) atoms. The summed E-state index contributed by atoms with van der Waals surface area (Å²) in [5.41, 5.74) is 1.84. The van der Waals surface area contributed by atoms with Gasteiger partial charge in [0.15, 0.2) is 0 Å². The fraction of sp³-hybridized carbons (Fsp3) is 0.200. The molecular weight excluding hydrogens is 442 g/mol. The number of rotatable bonds is 8. The maximum Gasteiger partial charge on any atom is 0.252 e. The summed E-state index contributed by atoms with van der Waals surface area (Å²) < 4.78 is 28.2. The third-order valence-electron chi connectivity index (χ3n) is 5.45. The Morgan fingerprint density at radius 1 is 1.06 bits per heavy atom. The molecule has 0 radical (unpaired) electrons. The molecule has 3 aromatic rings. The molecule has 1 amide bonds. The predicted molar refractivity (Wildman–Crippen MR) is 122 cm³/mol. The normalized spacial score (nSPS) is 14.8. The lowest BCUT2D eigenvalue weighted by Gasteiger charge is -2.23. The number of nitrogens with one attached hydrogen (secondary N) is 1. The lowest BCUT2D eigenvalue weighted by atomic mass is 9.98. The summed E-state index contributed by atoms with van der Waals surface area (Å²) in [5, 5.41) is 22.3. The number of aliphatic imine (C=N–C) groups is 1. The monoisotopic (exact) mass is 464 g/mol. The van der Waals surface area contributed by atoms with Gasteiger partial charge in [0.25, 0.3) is 5.91 Å². The van der Waals surface area contributed by atoms with Crippen molar-refractivity contribution in [1.82, 2.24) is 15.3 Å². The smallest absolute Gasteiger partial charge is 0.252 e. The zero-order valence-electron chi connectivity index (χ0n) is 18.0. The first kappa shape index (κ1) is 23.3. The number of allylic oxidation sites excluding steroid dienone is 1. The molecule has 9 heteroatoms. The molecule has 0 fully saturated rings. The average molecular weight is 464 g/mol. The van der Waals surface area contributed by atoms with Crippen molar-refractivity contribution in [2.24, 2.45) is 4.99 Å². The Balaban J connectivity index is 1.60. The number of aromatic nitrogens is 2. The molecule has 174 valence electrons. The first-order valence-corrected chi connectivity index (χ1v) is 10.6. The van der Waals surface area contributed by atoms with E-state index >= 15 is 0 Å². The van der Waals surface area contributed by atoms with E-state index in [4.69, 9.17) is 0 Å². The fourth-order valence-corrected chi connectivity index (χ4v) is 3.68. The number of halogens is 2. The summed E-state index contributed by atoms with van der Waals surface area (Å²) >= 11 is 0. The quantitative estimate of drug-likeness (QED) is 0.474. The number of carbonyl (C=O) groups excluding carboxylic acids is 1. The molecule has 0 saturated heterocycles. The minimum absolute atomic E-state index is 0.0188. The zero-order valence-corrected chi connectivity index (χ0v) is 18.0. The third-order valence-corrected chi connectivity index (χ3v) is 5.45. The van der Waals surface area contributed by atoms with Gasteiger partial charge in [0.2, 0.25) is 0 Å². The van der Waals surface area contributed by atoms with Crippen molar-refractivity contribution in [2.75, 3.05) is 13.2 Å². The van der Waals surface area contributed by atoms with Gasteiger partial charge in [-0.25, -0.2) is 18.7 Å². The minimum atomic E-state index is -1.28. The molecule has 0 unspecified atom stereocenters. The van der Waals surface area contributed by atoms with E-state index in [0.29, 0.717) is 5.82 Å². The second-order valence-electron chi connectivity index (χ2n) is 7.74. The van der Waals surface area contributed by atoms with Crippen LogP contribution in [0, 0.1) is 11.6 Å². The van der Waals surface area contributed by atoms with Gasteiger partial charge >= 0.3 is 0 Å². The van der Waals surface area contributed by atoms with Gasteiger partial charge in [-0.2, -0.15) is 0 Å².